The Morgan fingerprint density at radius 3 is 2.03 bits per heavy atom. The third-order valence-electron chi connectivity index (χ3n) is 5.07. The molecule has 0 aliphatic rings. The number of carboxylic acid groups (broad SMARTS) is 1. The molecule has 7 nitrogen and oxygen atoms in total. The number of carbonyl (C=O) groups excluding carboxylic acids is 2. The maximum absolute atomic E-state index is 11.9. The Kier molecular flexibility index (Phi) is 16.9. The highest BCUT2D eigenvalue weighted by Gasteiger charge is 2.21. The minimum atomic E-state index is -1.06. The Morgan fingerprint density at radius 2 is 1.45 bits per heavy atom. The van der Waals surface area contributed by atoms with Gasteiger partial charge >= 0.3 is 5.97 Å². The fourth-order valence-corrected chi connectivity index (χ4v) is 3.27. The van der Waals surface area contributed by atoms with E-state index in [-0.39, 0.29) is 25.2 Å². The molecule has 1 aromatic carbocycles. The molecule has 0 saturated heterocycles. The van der Waals surface area contributed by atoms with E-state index in [1.54, 1.807) is 0 Å². The van der Waals surface area contributed by atoms with Crippen LogP contribution >= 0.6 is 0 Å². The van der Waals surface area contributed by atoms with Crippen molar-refractivity contribution < 1.29 is 24.7 Å². The van der Waals surface area contributed by atoms with Crippen LogP contribution in [-0.2, 0) is 14.4 Å². The summed E-state index contributed by atoms with van der Waals surface area (Å²) in [5, 5.41) is 19.9. The fraction of sp³-hybridized carbons (Fsp3) is 0.625. The monoisotopic (exact) mass is 436 g/mol. The minimum absolute atomic E-state index is 0.0606. The molecule has 7 heteroatoms. The Balaban J connectivity index is 0.00000436. The zero-order valence-corrected chi connectivity index (χ0v) is 19.2. The zero-order valence-electron chi connectivity index (χ0n) is 19.2. The van der Waals surface area contributed by atoms with Gasteiger partial charge in [0, 0.05) is 12.8 Å². The molecule has 1 rings (SSSR count). The summed E-state index contributed by atoms with van der Waals surface area (Å²) < 4.78 is 0. The largest absolute Gasteiger partial charge is 0.481 e. The maximum Gasteiger partial charge on any atom is 0.303 e. The van der Waals surface area contributed by atoms with Gasteiger partial charge in [-0.1, -0.05) is 83.2 Å². The van der Waals surface area contributed by atoms with Gasteiger partial charge in [-0.25, -0.2) is 5.48 Å². The first-order valence-corrected chi connectivity index (χ1v) is 11.4. The number of aliphatic carboxylic acids is 1. The number of carbonyl (C=O) groups is 3. The van der Waals surface area contributed by atoms with Crippen molar-refractivity contribution >= 4 is 17.8 Å². The number of hydrogen-bond acceptors (Lipinski definition) is 4. The van der Waals surface area contributed by atoms with Crippen LogP contribution < -0.4 is 10.8 Å². The van der Waals surface area contributed by atoms with Crippen molar-refractivity contribution in [2.45, 2.75) is 96.9 Å². The number of nitrogens with one attached hydrogen (secondary N) is 2. The molecule has 176 valence electrons. The normalized spacial score (nSPS) is 12.1. The van der Waals surface area contributed by atoms with Crippen LogP contribution in [0.3, 0.4) is 0 Å². The minimum Gasteiger partial charge on any atom is -0.481 e. The first kappa shape index (κ1) is 28.6. The van der Waals surface area contributed by atoms with Crippen molar-refractivity contribution in [2.75, 3.05) is 0 Å². The predicted octanol–water partition coefficient (Wildman–Crippen LogP) is 4.79. The van der Waals surface area contributed by atoms with E-state index in [1.807, 2.05) is 19.9 Å². The fourth-order valence-electron chi connectivity index (χ4n) is 3.27. The number of amides is 2. The van der Waals surface area contributed by atoms with Gasteiger partial charge in [-0.3, -0.25) is 19.6 Å². The predicted molar refractivity (Wildman–Crippen MR) is 122 cm³/mol. The first-order chi connectivity index (χ1) is 14.9. The number of hydroxylamine groups is 1. The van der Waals surface area contributed by atoms with Gasteiger partial charge in [-0.2, -0.15) is 0 Å². The Bertz CT molecular complexity index is 622. The molecule has 0 aliphatic heterocycles. The molecule has 1 unspecified atom stereocenters. The van der Waals surface area contributed by atoms with Crippen molar-refractivity contribution in [1.29, 1.82) is 0 Å². The van der Waals surface area contributed by atoms with Crippen LogP contribution in [0.1, 0.15) is 96.5 Å². The summed E-state index contributed by atoms with van der Waals surface area (Å²) in [6.07, 6.45) is 7.37. The molecule has 2 amide bonds. The van der Waals surface area contributed by atoms with Gasteiger partial charge in [0.15, 0.2) is 0 Å². The van der Waals surface area contributed by atoms with Crippen molar-refractivity contribution in [3.63, 3.8) is 0 Å². The highest BCUT2D eigenvalue weighted by atomic mass is 16.5. The zero-order chi connectivity index (χ0) is 23.5. The van der Waals surface area contributed by atoms with E-state index in [4.69, 9.17) is 10.3 Å². The van der Waals surface area contributed by atoms with E-state index in [0.717, 1.165) is 25.7 Å². The lowest BCUT2D eigenvalue weighted by atomic mass is 9.95. The first-order valence-electron chi connectivity index (χ1n) is 11.4. The average molecular weight is 437 g/mol. The van der Waals surface area contributed by atoms with Crippen molar-refractivity contribution in [3.05, 3.63) is 35.9 Å². The highest BCUT2D eigenvalue weighted by Crippen LogP contribution is 2.21. The molecule has 0 heterocycles. The SMILES string of the molecule is CC.CC(CCCCCCCCC(=O)N[C@H](CCC(=O)O)C(=O)NO)c1ccccc1. The third kappa shape index (κ3) is 14.3. The Hall–Kier alpha value is -2.41. The molecule has 0 spiro atoms. The van der Waals surface area contributed by atoms with Crippen LogP contribution in [-0.4, -0.2) is 34.1 Å². The molecule has 0 aliphatic carbocycles. The van der Waals surface area contributed by atoms with Crippen LogP contribution in [0.5, 0.6) is 0 Å². The number of benzene rings is 1. The summed E-state index contributed by atoms with van der Waals surface area (Å²) >= 11 is 0. The van der Waals surface area contributed by atoms with E-state index in [9.17, 15) is 14.4 Å². The molecule has 4 N–H and O–H groups in total. The standard InChI is InChI=1S/C22H34N2O5.C2H6/c1-17(18-12-8-6-9-13-18)11-7-4-2-3-5-10-14-20(25)23-19(22(28)24-29)15-16-21(26)27;1-2/h6,8-9,12-13,17,19,29H,2-5,7,10-11,14-16H2,1H3,(H,23,25)(H,24,28)(H,26,27);1-2H3/t17?,19-;/m1./s1. The molecule has 0 bridgehead atoms. The summed E-state index contributed by atoms with van der Waals surface area (Å²) in [6, 6.07) is 9.50. The summed E-state index contributed by atoms with van der Waals surface area (Å²) in [7, 11) is 0. The van der Waals surface area contributed by atoms with E-state index in [0.29, 0.717) is 5.92 Å². The van der Waals surface area contributed by atoms with Gasteiger partial charge in [-0.05, 0) is 30.7 Å². The van der Waals surface area contributed by atoms with Crippen LogP contribution in [0.25, 0.3) is 0 Å². The number of carboxylic acids is 1. The maximum atomic E-state index is 11.9. The average Bonchev–Trinajstić information content (AvgIpc) is 2.79. The van der Waals surface area contributed by atoms with Gasteiger partial charge in [0.05, 0.1) is 0 Å². The molecule has 1 aromatic rings. The molecule has 0 aromatic heterocycles. The second kappa shape index (κ2) is 18.4. The molecule has 2 atom stereocenters. The van der Waals surface area contributed by atoms with Crippen LogP contribution in [0.15, 0.2) is 30.3 Å². The Labute approximate surface area is 186 Å². The summed E-state index contributed by atoms with van der Waals surface area (Å²) in [5.74, 6) is -1.59. The van der Waals surface area contributed by atoms with E-state index in [2.05, 4.69) is 36.5 Å². The van der Waals surface area contributed by atoms with Crippen molar-refractivity contribution in [1.82, 2.24) is 10.8 Å². The number of rotatable bonds is 15. The van der Waals surface area contributed by atoms with E-state index in [1.165, 1.54) is 30.3 Å². The quantitative estimate of drug-likeness (QED) is 0.179. The van der Waals surface area contributed by atoms with Gasteiger partial charge in [0.2, 0.25) is 5.91 Å². The van der Waals surface area contributed by atoms with Crippen LogP contribution in [0.2, 0.25) is 0 Å². The van der Waals surface area contributed by atoms with E-state index >= 15 is 0 Å². The lowest BCUT2D eigenvalue weighted by molar-refractivity contribution is -0.139. The summed E-state index contributed by atoms with van der Waals surface area (Å²) in [4.78, 5) is 34.1. The van der Waals surface area contributed by atoms with Gasteiger partial charge in [0.1, 0.15) is 6.04 Å². The summed E-state index contributed by atoms with van der Waals surface area (Å²) in [6.45, 7) is 6.26. The summed E-state index contributed by atoms with van der Waals surface area (Å²) in [5.41, 5.74) is 2.85. The number of unbranched alkanes of at least 4 members (excludes halogenated alkanes) is 5. The smallest absolute Gasteiger partial charge is 0.303 e. The lowest BCUT2D eigenvalue weighted by Gasteiger charge is -2.15. The van der Waals surface area contributed by atoms with Gasteiger partial charge in [-0.15, -0.1) is 0 Å². The van der Waals surface area contributed by atoms with Crippen LogP contribution in [0, 0.1) is 0 Å². The molecular formula is C24H40N2O5. The highest BCUT2D eigenvalue weighted by molar-refractivity contribution is 5.87. The van der Waals surface area contributed by atoms with Gasteiger partial charge < -0.3 is 10.4 Å². The molecule has 0 radical (unpaired) electrons. The lowest BCUT2D eigenvalue weighted by Crippen LogP contribution is -2.46. The molecule has 0 saturated carbocycles. The van der Waals surface area contributed by atoms with E-state index < -0.39 is 17.9 Å². The molecular weight excluding hydrogens is 396 g/mol. The third-order valence-corrected chi connectivity index (χ3v) is 5.07. The number of hydrogen-bond donors (Lipinski definition) is 4. The van der Waals surface area contributed by atoms with Gasteiger partial charge in [0.25, 0.3) is 5.91 Å². The Morgan fingerprint density at radius 1 is 0.871 bits per heavy atom. The molecule has 31 heavy (non-hydrogen) atoms. The molecule has 0 fully saturated rings. The van der Waals surface area contributed by atoms with Crippen LogP contribution in [0.4, 0.5) is 0 Å². The topological polar surface area (TPSA) is 116 Å². The second-order valence-corrected chi connectivity index (χ2v) is 7.50. The van der Waals surface area contributed by atoms with Crippen molar-refractivity contribution in [3.8, 4) is 0 Å². The second-order valence-electron chi connectivity index (χ2n) is 7.50. The van der Waals surface area contributed by atoms with Crippen molar-refractivity contribution in [2.24, 2.45) is 0 Å².